The first-order chi connectivity index (χ1) is 7.18. The third-order valence-corrected chi connectivity index (χ3v) is 2.11. The van der Waals surface area contributed by atoms with Gasteiger partial charge in [-0.1, -0.05) is 20.3 Å². The number of piperidine rings is 1. The van der Waals surface area contributed by atoms with Gasteiger partial charge < -0.3 is 5.73 Å². The van der Waals surface area contributed by atoms with Crippen LogP contribution in [0.4, 0.5) is 0 Å². The third-order valence-electron chi connectivity index (χ3n) is 2.11. The van der Waals surface area contributed by atoms with Crippen LogP contribution in [0, 0.1) is 0 Å². The maximum Gasteiger partial charge on any atom is 0.261 e. The predicted octanol–water partition coefficient (Wildman–Crippen LogP) is 1.40. The Morgan fingerprint density at radius 3 is 2.27 bits per heavy atom. The lowest BCUT2D eigenvalue weighted by Gasteiger charge is -2.24. The Hall–Kier alpha value is -0.900. The van der Waals surface area contributed by atoms with E-state index in [9.17, 15) is 4.79 Å². The Kier molecular flexibility index (Phi) is 7.91. The summed E-state index contributed by atoms with van der Waals surface area (Å²) in [6.07, 6.45) is 3.67. The van der Waals surface area contributed by atoms with E-state index in [1.807, 2.05) is 13.8 Å². The first-order valence-electron chi connectivity index (χ1n) is 5.74. The van der Waals surface area contributed by atoms with E-state index >= 15 is 0 Å². The minimum absolute atomic E-state index is 0.123. The van der Waals surface area contributed by atoms with Crippen molar-refractivity contribution < 1.29 is 4.79 Å². The number of amides is 1. The number of amidine groups is 1. The van der Waals surface area contributed by atoms with E-state index in [1.165, 1.54) is 19.3 Å². The van der Waals surface area contributed by atoms with E-state index in [0.717, 1.165) is 13.1 Å². The lowest BCUT2D eigenvalue weighted by molar-refractivity contribution is -0.119. The number of hydrogen-bond acceptors (Lipinski definition) is 2. The van der Waals surface area contributed by atoms with Crippen molar-refractivity contribution in [1.82, 2.24) is 4.90 Å². The number of likely N-dealkylation sites (tertiary alicyclic amines) is 1. The molecule has 0 aliphatic carbocycles. The number of aliphatic imine (C=N–C) groups is 1. The van der Waals surface area contributed by atoms with E-state index in [2.05, 4.69) is 9.89 Å². The molecule has 1 saturated heterocycles. The number of carbonyl (C=O) groups excluding carboxylic acids is 1. The van der Waals surface area contributed by atoms with E-state index in [1.54, 1.807) is 6.92 Å². The second kappa shape index (κ2) is 8.41. The van der Waals surface area contributed by atoms with Gasteiger partial charge in [0.05, 0.1) is 12.4 Å². The van der Waals surface area contributed by atoms with E-state index < -0.39 is 0 Å². The smallest absolute Gasteiger partial charge is 0.261 e. The summed E-state index contributed by atoms with van der Waals surface area (Å²) in [6.45, 7) is 8.10. The molecule has 0 atom stereocenters. The van der Waals surface area contributed by atoms with Crippen molar-refractivity contribution in [2.75, 3.05) is 19.6 Å². The maximum atomic E-state index is 11.2. The Morgan fingerprint density at radius 2 is 1.80 bits per heavy atom. The van der Waals surface area contributed by atoms with Crippen LogP contribution in [-0.2, 0) is 4.79 Å². The van der Waals surface area contributed by atoms with Gasteiger partial charge in [-0.15, -0.1) is 0 Å². The van der Waals surface area contributed by atoms with Gasteiger partial charge in [-0.25, -0.2) is 0 Å². The van der Waals surface area contributed by atoms with Crippen LogP contribution >= 0.6 is 0 Å². The fourth-order valence-electron chi connectivity index (χ4n) is 1.54. The van der Waals surface area contributed by atoms with Crippen LogP contribution < -0.4 is 5.73 Å². The fourth-order valence-corrected chi connectivity index (χ4v) is 1.54. The molecule has 4 heteroatoms. The highest BCUT2D eigenvalue weighted by Gasteiger charge is 2.12. The molecule has 4 nitrogen and oxygen atoms in total. The molecule has 1 amide bonds. The summed E-state index contributed by atoms with van der Waals surface area (Å²) in [5, 5.41) is 0. The van der Waals surface area contributed by atoms with Gasteiger partial charge in [0.15, 0.2) is 0 Å². The molecule has 0 unspecified atom stereocenters. The molecule has 0 spiro atoms. The van der Waals surface area contributed by atoms with Crippen LogP contribution in [0.3, 0.4) is 0 Å². The molecule has 1 aliphatic rings. The molecule has 15 heavy (non-hydrogen) atoms. The van der Waals surface area contributed by atoms with Gasteiger partial charge in [0, 0.05) is 0 Å². The molecule has 88 valence electrons. The summed E-state index contributed by atoms with van der Waals surface area (Å²) in [5.74, 6) is 0.226. The highest BCUT2D eigenvalue weighted by atomic mass is 16.1. The highest BCUT2D eigenvalue weighted by molar-refractivity contribution is 5.93. The normalized spacial score (nSPS) is 17.9. The maximum absolute atomic E-state index is 11.2. The van der Waals surface area contributed by atoms with Crippen molar-refractivity contribution in [1.29, 1.82) is 0 Å². The van der Waals surface area contributed by atoms with Crippen LogP contribution in [0.2, 0.25) is 0 Å². The predicted molar refractivity (Wildman–Crippen MR) is 63.9 cm³/mol. The Bertz CT molecular complexity index is 204. The molecule has 2 N–H and O–H groups in total. The molecule has 1 rings (SSSR count). The molecule has 1 heterocycles. The SMILES string of the molecule is CC.CC(N)=NC(=O)CN1CCCCC1. The lowest BCUT2D eigenvalue weighted by Crippen LogP contribution is -2.34. The van der Waals surface area contributed by atoms with E-state index in [0.29, 0.717) is 12.4 Å². The molecule has 0 aromatic heterocycles. The molecule has 1 aliphatic heterocycles. The van der Waals surface area contributed by atoms with E-state index in [4.69, 9.17) is 5.73 Å². The van der Waals surface area contributed by atoms with Gasteiger partial charge in [0.25, 0.3) is 5.91 Å². The number of hydrogen-bond donors (Lipinski definition) is 1. The highest BCUT2D eigenvalue weighted by Crippen LogP contribution is 2.07. The van der Waals surface area contributed by atoms with Crippen molar-refractivity contribution in [3.63, 3.8) is 0 Å². The van der Waals surface area contributed by atoms with Crippen LogP contribution in [0.15, 0.2) is 4.99 Å². The molecule has 0 saturated carbocycles. The van der Waals surface area contributed by atoms with Crippen LogP contribution in [0.25, 0.3) is 0 Å². The Balaban J connectivity index is 0.000000921. The van der Waals surface area contributed by atoms with Gasteiger partial charge in [0.1, 0.15) is 0 Å². The van der Waals surface area contributed by atoms with Gasteiger partial charge in [0.2, 0.25) is 0 Å². The van der Waals surface area contributed by atoms with Gasteiger partial charge in [-0.3, -0.25) is 9.69 Å². The number of carbonyl (C=O) groups is 1. The summed E-state index contributed by atoms with van der Waals surface area (Å²) in [4.78, 5) is 17.0. The van der Waals surface area contributed by atoms with Gasteiger partial charge >= 0.3 is 0 Å². The second-order valence-corrected chi connectivity index (χ2v) is 3.48. The first-order valence-corrected chi connectivity index (χ1v) is 5.74. The monoisotopic (exact) mass is 213 g/mol. The number of nitrogens with zero attached hydrogens (tertiary/aromatic N) is 2. The summed E-state index contributed by atoms with van der Waals surface area (Å²) in [6, 6.07) is 0. The molecular formula is C11H23N3O. The zero-order valence-electron chi connectivity index (χ0n) is 10.1. The number of rotatable bonds is 2. The molecule has 0 radical (unpaired) electrons. The van der Waals surface area contributed by atoms with E-state index in [-0.39, 0.29) is 5.91 Å². The van der Waals surface area contributed by atoms with Crippen molar-refractivity contribution in [2.24, 2.45) is 10.7 Å². The minimum Gasteiger partial charge on any atom is -0.387 e. The van der Waals surface area contributed by atoms with Crippen molar-refractivity contribution >= 4 is 11.7 Å². The first kappa shape index (κ1) is 14.1. The Labute approximate surface area is 92.5 Å². The average Bonchev–Trinajstić information content (AvgIpc) is 2.21. The molecule has 0 aromatic carbocycles. The number of nitrogens with two attached hydrogens (primary N) is 1. The summed E-state index contributed by atoms with van der Waals surface area (Å²) >= 11 is 0. The zero-order chi connectivity index (χ0) is 11.7. The van der Waals surface area contributed by atoms with Crippen molar-refractivity contribution in [3.8, 4) is 0 Å². The molecular weight excluding hydrogens is 190 g/mol. The summed E-state index contributed by atoms with van der Waals surface area (Å²) in [5.41, 5.74) is 5.31. The standard InChI is InChI=1S/C9H17N3O.C2H6/c1-8(10)11-9(13)7-12-5-3-2-4-6-12;1-2/h2-7H2,1H3,(H2,10,11,13);1-2H3. The summed E-state index contributed by atoms with van der Waals surface area (Å²) < 4.78 is 0. The van der Waals surface area contributed by atoms with Crippen LogP contribution in [0.5, 0.6) is 0 Å². The topological polar surface area (TPSA) is 58.7 Å². The van der Waals surface area contributed by atoms with Crippen LogP contribution in [-0.4, -0.2) is 36.3 Å². The fraction of sp³-hybridized carbons (Fsp3) is 0.818. The zero-order valence-corrected chi connectivity index (χ0v) is 10.1. The van der Waals surface area contributed by atoms with Crippen LogP contribution in [0.1, 0.15) is 40.0 Å². The molecule has 0 aromatic rings. The molecule has 1 fully saturated rings. The largest absolute Gasteiger partial charge is 0.387 e. The van der Waals surface area contributed by atoms with Gasteiger partial charge in [-0.2, -0.15) is 4.99 Å². The molecule has 0 bridgehead atoms. The lowest BCUT2D eigenvalue weighted by atomic mass is 10.1. The summed E-state index contributed by atoms with van der Waals surface area (Å²) in [7, 11) is 0. The minimum atomic E-state index is -0.123. The van der Waals surface area contributed by atoms with Crippen molar-refractivity contribution in [3.05, 3.63) is 0 Å². The Morgan fingerprint density at radius 1 is 1.27 bits per heavy atom. The van der Waals surface area contributed by atoms with Gasteiger partial charge in [-0.05, 0) is 32.9 Å². The average molecular weight is 213 g/mol. The third kappa shape index (κ3) is 7.08. The van der Waals surface area contributed by atoms with Crippen molar-refractivity contribution in [2.45, 2.75) is 40.0 Å². The second-order valence-electron chi connectivity index (χ2n) is 3.48. The quantitative estimate of drug-likeness (QED) is 0.557.